The predicted molar refractivity (Wildman–Crippen MR) is 164 cm³/mol. The number of thioether (sulfide) groups is 1. The van der Waals surface area contributed by atoms with E-state index >= 15 is 0 Å². The number of amides is 1. The van der Waals surface area contributed by atoms with E-state index in [0.717, 1.165) is 54.2 Å². The number of aromatic nitrogens is 4. The summed E-state index contributed by atoms with van der Waals surface area (Å²) < 4.78 is 2.11. The van der Waals surface area contributed by atoms with E-state index in [9.17, 15) is 4.79 Å². The van der Waals surface area contributed by atoms with Crippen molar-refractivity contribution in [3.05, 3.63) is 124 Å². The van der Waals surface area contributed by atoms with Crippen LogP contribution in [-0.4, -0.2) is 49.7 Å². The monoisotopic (exact) mass is 580 g/mol. The summed E-state index contributed by atoms with van der Waals surface area (Å²) in [6.45, 7) is 2.92. The number of benzene rings is 3. The average Bonchev–Trinajstić information content (AvgIpc) is 3.66. The molecule has 0 atom stereocenters. The number of likely N-dealkylation sites (tertiary alicyclic amines) is 1. The van der Waals surface area contributed by atoms with Crippen molar-refractivity contribution < 1.29 is 4.79 Å². The fraction of sp³-hybridized carbons (Fsp3) is 0.250. The van der Waals surface area contributed by atoms with Crippen molar-refractivity contribution in [2.24, 2.45) is 0 Å². The van der Waals surface area contributed by atoms with Crippen molar-refractivity contribution in [2.45, 2.75) is 42.8 Å². The van der Waals surface area contributed by atoms with Crippen LogP contribution in [0.25, 0.3) is 5.69 Å². The van der Waals surface area contributed by atoms with Crippen LogP contribution in [0.15, 0.2) is 102 Å². The number of para-hydroxylation sites is 1. The molecule has 1 fully saturated rings. The van der Waals surface area contributed by atoms with E-state index < -0.39 is 0 Å². The minimum atomic E-state index is -0.0865. The largest absolute Gasteiger partial charge is 0.348 e. The molecule has 1 saturated heterocycles. The zero-order chi connectivity index (χ0) is 27.9. The van der Waals surface area contributed by atoms with Crippen molar-refractivity contribution >= 4 is 29.0 Å². The van der Waals surface area contributed by atoms with Crippen molar-refractivity contribution in [1.82, 2.24) is 30.0 Å². The van der Waals surface area contributed by atoms with Gasteiger partial charge in [0.2, 0.25) is 0 Å². The maximum Gasteiger partial charge on any atom is 0.270 e. The van der Waals surface area contributed by atoms with Gasteiger partial charge in [0, 0.05) is 43.2 Å². The highest BCUT2D eigenvalue weighted by atomic mass is 32.2. The predicted octanol–water partition coefficient (Wildman–Crippen LogP) is 6.00. The average molecular weight is 581 g/mol. The number of thiazole rings is 1. The van der Waals surface area contributed by atoms with Crippen molar-refractivity contribution in [1.29, 1.82) is 0 Å². The van der Waals surface area contributed by atoms with E-state index in [-0.39, 0.29) is 11.9 Å². The van der Waals surface area contributed by atoms with Gasteiger partial charge in [-0.3, -0.25) is 14.3 Å². The number of carbonyl (C=O) groups is 1. The molecule has 0 aliphatic carbocycles. The molecule has 208 valence electrons. The zero-order valence-corrected chi connectivity index (χ0v) is 24.4. The normalized spacial score (nSPS) is 14.2. The maximum absolute atomic E-state index is 13.0. The van der Waals surface area contributed by atoms with Crippen LogP contribution in [0.5, 0.6) is 0 Å². The van der Waals surface area contributed by atoms with Gasteiger partial charge in [-0.1, -0.05) is 90.6 Å². The van der Waals surface area contributed by atoms with Crippen molar-refractivity contribution in [3.63, 3.8) is 0 Å². The highest BCUT2D eigenvalue weighted by molar-refractivity contribution is 7.98. The molecular formula is C32H32N6OS2. The van der Waals surface area contributed by atoms with E-state index in [4.69, 9.17) is 0 Å². The topological polar surface area (TPSA) is 75.9 Å². The number of carbonyl (C=O) groups excluding carboxylic acids is 1. The summed E-state index contributed by atoms with van der Waals surface area (Å²) in [5, 5.41) is 15.8. The van der Waals surface area contributed by atoms with E-state index in [1.165, 1.54) is 22.5 Å². The van der Waals surface area contributed by atoms with Crippen LogP contribution in [0.1, 0.15) is 45.3 Å². The van der Waals surface area contributed by atoms with Crippen LogP contribution in [0.3, 0.4) is 0 Å². The van der Waals surface area contributed by atoms with Gasteiger partial charge in [-0.25, -0.2) is 4.98 Å². The van der Waals surface area contributed by atoms with Gasteiger partial charge in [0.15, 0.2) is 5.16 Å². The third-order valence-corrected chi connectivity index (χ3v) is 9.17. The SMILES string of the molecule is O=C(NC1CCN(Cc2ccccc2)CC1)c1csc(CSc2nnc(Cc3ccccc3)n2-c2ccccc2)n1. The summed E-state index contributed by atoms with van der Waals surface area (Å²) in [6.07, 6.45) is 2.59. The van der Waals surface area contributed by atoms with E-state index in [1.807, 2.05) is 47.8 Å². The fourth-order valence-corrected chi connectivity index (χ4v) is 6.83. The molecule has 0 saturated carbocycles. The minimum absolute atomic E-state index is 0.0865. The van der Waals surface area contributed by atoms with Crippen molar-refractivity contribution in [3.8, 4) is 5.69 Å². The second-order valence-electron chi connectivity index (χ2n) is 10.2. The Balaban J connectivity index is 1.05. The number of piperidine rings is 1. The molecule has 1 aliphatic heterocycles. The summed E-state index contributed by atoms with van der Waals surface area (Å²) >= 11 is 3.10. The molecule has 5 aromatic rings. The molecule has 0 spiro atoms. The molecule has 0 bridgehead atoms. The Kier molecular flexibility index (Phi) is 8.85. The van der Waals surface area contributed by atoms with Gasteiger partial charge in [-0.15, -0.1) is 21.5 Å². The third-order valence-electron chi connectivity index (χ3n) is 7.20. The molecule has 0 unspecified atom stereocenters. The molecule has 1 N–H and O–H groups in total. The van der Waals surface area contributed by atoms with Gasteiger partial charge < -0.3 is 5.32 Å². The first-order valence-electron chi connectivity index (χ1n) is 13.9. The maximum atomic E-state index is 13.0. The Morgan fingerprint density at radius 2 is 1.54 bits per heavy atom. The smallest absolute Gasteiger partial charge is 0.270 e. The summed E-state index contributed by atoms with van der Waals surface area (Å²) in [5.41, 5.74) is 4.04. The molecule has 9 heteroatoms. The van der Waals surface area contributed by atoms with Gasteiger partial charge in [-0.2, -0.15) is 0 Å². The molecule has 6 rings (SSSR count). The van der Waals surface area contributed by atoms with Gasteiger partial charge in [0.05, 0.1) is 5.75 Å². The summed E-state index contributed by atoms with van der Waals surface area (Å²) in [7, 11) is 0. The lowest BCUT2D eigenvalue weighted by Gasteiger charge is -2.32. The van der Waals surface area contributed by atoms with Gasteiger partial charge in [0.25, 0.3) is 5.91 Å². The number of nitrogens with one attached hydrogen (secondary N) is 1. The molecule has 3 aromatic carbocycles. The van der Waals surface area contributed by atoms with Crippen LogP contribution in [0, 0.1) is 0 Å². The Morgan fingerprint density at radius 1 is 0.878 bits per heavy atom. The van der Waals surface area contributed by atoms with Gasteiger partial charge in [-0.05, 0) is 36.1 Å². The van der Waals surface area contributed by atoms with Crippen molar-refractivity contribution in [2.75, 3.05) is 13.1 Å². The zero-order valence-electron chi connectivity index (χ0n) is 22.7. The molecule has 1 amide bonds. The molecule has 0 radical (unpaired) electrons. The Bertz CT molecular complexity index is 1550. The molecule has 41 heavy (non-hydrogen) atoms. The third kappa shape index (κ3) is 7.11. The second-order valence-corrected chi connectivity index (χ2v) is 12.0. The molecular weight excluding hydrogens is 549 g/mol. The summed E-state index contributed by atoms with van der Waals surface area (Å²) in [6, 6.07) is 31.2. The summed E-state index contributed by atoms with van der Waals surface area (Å²) in [4.78, 5) is 20.1. The Morgan fingerprint density at radius 3 is 2.24 bits per heavy atom. The van der Waals surface area contributed by atoms with Gasteiger partial charge >= 0.3 is 0 Å². The van der Waals surface area contributed by atoms with Crippen LogP contribution in [0.2, 0.25) is 0 Å². The van der Waals surface area contributed by atoms with Crippen LogP contribution in [0.4, 0.5) is 0 Å². The molecule has 2 aromatic heterocycles. The van der Waals surface area contributed by atoms with E-state index in [1.54, 1.807) is 11.8 Å². The lowest BCUT2D eigenvalue weighted by Crippen LogP contribution is -2.44. The second kappa shape index (κ2) is 13.2. The quantitative estimate of drug-likeness (QED) is 0.204. The number of hydrogen-bond donors (Lipinski definition) is 1. The van der Waals surface area contributed by atoms with E-state index in [2.05, 4.69) is 78.5 Å². The lowest BCUT2D eigenvalue weighted by atomic mass is 10.0. The first-order chi connectivity index (χ1) is 20.2. The number of hydrogen-bond acceptors (Lipinski definition) is 7. The molecule has 7 nitrogen and oxygen atoms in total. The standard InChI is InChI=1S/C32H32N6OS2/c39-31(33-26-16-18-37(19-17-26)21-25-12-6-2-7-13-25)28-22-40-30(34-28)23-41-32-36-35-29(20-24-10-4-1-5-11-24)38(32)27-14-8-3-9-15-27/h1-15,22,26H,16-21,23H2,(H,33,39). The first-order valence-corrected chi connectivity index (χ1v) is 15.8. The minimum Gasteiger partial charge on any atom is -0.348 e. The van der Waals surface area contributed by atoms with Gasteiger partial charge in [0.1, 0.15) is 16.5 Å². The molecule has 3 heterocycles. The summed E-state index contributed by atoms with van der Waals surface area (Å²) in [5.74, 6) is 1.42. The number of rotatable bonds is 10. The fourth-order valence-electron chi connectivity index (χ4n) is 5.07. The van der Waals surface area contributed by atoms with Crippen LogP contribution < -0.4 is 5.32 Å². The Labute approximate surface area is 248 Å². The Hall–Kier alpha value is -3.79. The van der Waals surface area contributed by atoms with E-state index in [0.29, 0.717) is 17.9 Å². The lowest BCUT2D eigenvalue weighted by molar-refractivity contribution is 0.0904. The molecule has 1 aliphatic rings. The highest BCUT2D eigenvalue weighted by Gasteiger charge is 2.23. The number of nitrogens with zero attached hydrogens (tertiary/aromatic N) is 5. The van der Waals surface area contributed by atoms with Crippen LogP contribution >= 0.6 is 23.1 Å². The van der Waals surface area contributed by atoms with Crippen LogP contribution in [-0.2, 0) is 18.7 Å². The highest BCUT2D eigenvalue weighted by Crippen LogP contribution is 2.27. The first kappa shape index (κ1) is 27.4.